The second-order valence-electron chi connectivity index (χ2n) is 5.38. The monoisotopic (exact) mass is 216 g/mol. The summed E-state index contributed by atoms with van der Waals surface area (Å²) >= 11 is 0. The summed E-state index contributed by atoms with van der Waals surface area (Å²) in [5, 5.41) is 3.42. The average molecular weight is 216 g/mol. The third-order valence-corrected chi connectivity index (χ3v) is 4.28. The highest BCUT2D eigenvalue weighted by Crippen LogP contribution is 2.36. The van der Waals surface area contributed by atoms with Crippen molar-refractivity contribution in [3.8, 4) is 0 Å². The van der Waals surface area contributed by atoms with Crippen LogP contribution in [0, 0.1) is 12.3 Å². The number of anilines is 1. The Morgan fingerprint density at radius 2 is 1.81 bits per heavy atom. The fraction of sp³-hybridized carbons (Fsp3) is 0.571. The molecule has 16 heavy (non-hydrogen) atoms. The maximum atomic E-state index is 3.42. The zero-order valence-corrected chi connectivity index (χ0v) is 10.00. The van der Waals surface area contributed by atoms with E-state index in [9.17, 15) is 0 Å². The summed E-state index contributed by atoms with van der Waals surface area (Å²) in [4.78, 5) is 2.55. The van der Waals surface area contributed by atoms with Crippen molar-refractivity contribution in [2.75, 3.05) is 31.1 Å². The number of para-hydroxylation sites is 1. The summed E-state index contributed by atoms with van der Waals surface area (Å²) in [6.45, 7) is 7.16. The van der Waals surface area contributed by atoms with Crippen LogP contribution in [-0.4, -0.2) is 26.2 Å². The van der Waals surface area contributed by atoms with Crippen molar-refractivity contribution in [2.24, 2.45) is 5.41 Å². The Balaban J connectivity index is 1.72. The molecule has 0 amide bonds. The maximum absolute atomic E-state index is 3.42. The Bertz CT molecular complexity index is 372. The van der Waals surface area contributed by atoms with Crippen LogP contribution in [0.4, 0.5) is 5.69 Å². The minimum absolute atomic E-state index is 0.652. The molecule has 2 saturated heterocycles. The first kappa shape index (κ1) is 10.2. The average Bonchev–Trinajstić information content (AvgIpc) is 2.28. The first-order chi connectivity index (χ1) is 7.79. The summed E-state index contributed by atoms with van der Waals surface area (Å²) in [6, 6.07) is 8.74. The molecule has 1 N–H and O–H groups in total. The Hall–Kier alpha value is -1.02. The van der Waals surface area contributed by atoms with E-state index in [4.69, 9.17) is 0 Å². The Morgan fingerprint density at radius 1 is 1.12 bits per heavy atom. The molecule has 0 aromatic heterocycles. The van der Waals surface area contributed by atoms with Gasteiger partial charge in [0.1, 0.15) is 0 Å². The molecule has 2 nitrogen and oxygen atoms in total. The standard InChI is InChI=1S/C14H20N2/c1-12-4-2-3-5-13(12)16-8-6-14(7-9-16)10-15-11-14/h2-5,15H,6-11H2,1H3. The lowest BCUT2D eigenvalue weighted by Gasteiger charge is -2.49. The van der Waals surface area contributed by atoms with Gasteiger partial charge in [-0.1, -0.05) is 18.2 Å². The number of rotatable bonds is 1. The molecular formula is C14H20N2. The highest BCUT2D eigenvalue weighted by molar-refractivity contribution is 5.53. The molecular weight excluding hydrogens is 196 g/mol. The van der Waals surface area contributed by atoms with Crippen molar-refractivity contribution >= 4 is 5.69 Å². The predicted octanol–water partition coefficient (Wildman–Crippen LogP) is 2.18. The molecule has 0 radical (unpaired) electrons. The van der Waals surface area contributed by atoms with Crippen LogP contribution in [0.3, 0.4) is 0 Å². The van der Waals surface area contributed by atoms with Gasteiger partial charge in [-0.15, -0.1) is 0 Å². The molecule has 1 aromatic rings. The van der Waals surface area contributed by atoms with E-state index in [1.54, 1.807) is 0 Å². The molecule has 2 fully saturated rings. The van der Waals surface area contributed by atoms with E-state index >= 15 is 0 Å². The van der Waals surface area contributed by atoms with Gasteiger partial charge in [-0.2, -0.15) is 0 Å². The Kier molecular flexibility index (Phi) is 2.40. The third kappa shape index (κ3) is 1.61. The fourth-order valence-electron chi connectivity index (χ4n) is 2.97. The van der Waals surface area contributed by atoms with Gasteiger partial charge in [0.15, 0.2) is 0 Å². The largest absolute Gasteiger partial charge is 0.371 e. The maximum Gasteiger partial charge on any atom is 0.0395 e. The van der Waals surface area contributed by atoms with E-state index in [0.717, 1.165) is 0 Å². The second-order valence-corrected chi connectivity index (χ2v) is 5.38. The van der Waals surface area contributed by atoms with Crippen LogP contribution in [-0.2, 0) is 0 Å². The van der Waals surface area contributed by atoms with Gasteiger partial charge in [0.25, 0.3) is 0 Å². The quantitative estimate of drug-likeness (QED) is 0.774. The van der Waals surface area contributed by atoms with Crippen LogP contribution in [0.1, 0.15) is 18.4 Å². The molecule has 0 bridgehead atoms. The fourth-order valence-corrected chi connectivity index (χ4v) is 2.97. The van der Waals surface area contributed by atoms with Crippen molar-refractivity contribution < 1.29 is 0 Å². The second kappa shape index (κ2) is 3.77. The number of benzene rings is 1. The van der Waals surface area contributed by atoms with Crippen LogP contribution in [0.15, 0.2) is 24.3 Å². The molecule has 1 spiro atoms. The van der Waals surface area contributed by atoms with Crippen LogP contribution in [0.2, 0.25) is 0 Å². The van der Waals surface area contributed by atoms with E-state index in [2.05, 4.69) is 41.4 Å². The van der Waals surface area contributed by atoms with Gasteiger partial charge in [0.2, 0.25) is 0 Å². The molecule has 2 aliphatic rings. The molecule has 2 heteroatoms. The van der Waals surface area contributed by atoms with E-state index in [1.807, 2.05) is 0 Å². The topological polar surface area (TPSA) is 15.3 Å². The molecule has 0 saturated carbocycles. The van der Waals surface area contributed by atoms with Crippen molar-refractivity contribution in [1.29, 1.82) is 0 Å². The summed E-state index contributed by atoms with van der Waals surface area (Å²) in [5.41, 5.74) is 3.49. The van der Waals surface area contributed by atoms with E-state index in [0.29, 0.717) is 5.41 Å². The van der Waals surface area contributed by atoms with E-state index in [-0.39, 0.29) is 0 Å². The van der Waals surface area contributed by atoms with Crippen molar-refractivity contribution in [1.82, 2.24) is 5.32 Å². The van der Waals surface area contributed by atoms with Gasteiger partial charge < -0.3 is 10.2 Å². The summed E-state index contributed by atoms with van der Waals surface area (Å²) in [7, 11) is 0. The number of aryl methyl sites for hydroxylation is 1. The normalized spacial score (nSPS) is 23.2. The molecule has 2 heterocycles. The lowest BCUT2D eigenvalue weighted by Crippen LogP contribution is -2.58. The minimum atomic E-state index is 0.652. The van der Waals surface area contributed by atoms with Crippen LogP contribution in [0.25, 0.3) is 0 Å². The third-order valence-electron chi connectivity index (χ3n) is 4.28. The molecule has 0 atom stereocenters. The highest BCUT2D eigenvalue weighted by Gasteiger charge is 2.39. The van der Waals surface area contributed by atoms with Crippen LogP contribution in [0.5, 0.6) is 0 Å². The summed E-state index contributed by atoms with van der Waals surface area (Å²) in [6.07, 6.45) is 2.71. The van der Waals surface area contributed by atoms with Crippen molar-refractivity contribution in [2.45, 2.75) is 19.8 Å². The summed E-state index contributed by atoms with van der Waals surface area (Å²) < 4.78 is 0. The highest BCUT2D eigenvalue weighted by atomic mass is 15.2. The van der Waals surface area contributed by atoms with Gasteiger partial charge in [-0.25, -0.2) is 0 Å². The van der Waals surface area contributed by atoms with Crippen LogP contribution >= 0.6 is 0 Å². The van der Waals surface area contributed by atoms with Gasteiger partial charge >= 0.3 is 0 Å². The van der Waals surface area contributed by atoms with Gasteiger partial charge in [0, 0.05) is 31.9 Å². The van der Waals surface area contributed by atoms with Gasteiger partial charge in [0.05, 0.1) is 0 Å². The molecule has 1 aromatic carbocycles. The SMILES string of the molecule is Cc1ccccc1N1CCC2(CC1)CNC2. The first-order valence-electron chi connectivity index (χ1n) is 6.30. The van der Waals surface area contributed by atoms with E-state index in [1.165, 1.54) is 50.3 Å². The minimum Gasteiger partial charge on any atom is -0.371 e. The predicted molar refractivity (Wildman–Crippen MR) is 67.9 cm³/mol. The van der Waals surface area contributed by atoms with Crippen LogP contribution < -0.4 is 10.2 Å². The number of piperidine rings is 1. The number of hydrogen-bond donors (Lipinski definition) is 1. The number of nitrogens with one attached hydrogen (secondary N) is 1. The molecule has 2 aliphatic heterocycles. The molecule has 86 valence electrons. The lowest BCUT2D eigenvalue weighted by molar-refractivity contribution is 0.126. The summed E-state index contributed by atoms with van der Waals surface area (Å²) in [5.74, 6) is 0. The van der Waals surface area contributed by atoms with E-state index < -0.39 is 0 Å². The molecule has 0 aliphatic carbocycles. The van der Waals surface area contributed by atoms with Crippen molar-refractivity contribution in [3.63, 3.8) is 0 Å². The first-order valence-corrected chi connectivity index (χ1v) is 6.30. The van der Waals surface area contributed by atoms with Crippen molar-refractivity contribution in [3.05, 3.63) is 29.8 Å². The lowest BCUT2D eigenvalue weighted by atomic mass is 9.73. The smallest absolute Gasteiger partial charge is 0.0395 e. The number of hydrogen-bond acceptors (Lipinski definition) is 2. The molecule has 3 rings (SSSR count). The number of nitrogens with zero attached hydrogens (tertiary/aromatic N) is 1. The Labute approximate surface area is 97.6 Å². The zero-order valence-electron chi connectivity index (χ0n) is 10.00. The van der Waals surface area contributed by atoms with Gasteiger partial charge in [-0.05, 0) is 36.8 Å². The molecule has 0 unspecified atom stereocenters. The zero-order chi connectivity index (χ0) is 11.0. The van der Waals surface area contributed by atoms with Gasteiger partial charge in [-0.3, -0.25) is 0 Å². The Morgan fingerprint density at radius 3 is 2.38 bits per heavy atom.